The number of nitrogens with zero attached hydrogens (tertiary/aromatic N) is 1. The van der Waals surface area contributed by atoms with Crippen LogP contribution in [0.15, 0.2) is 12.3 Å². The molecule has 1 rings (SSSR count). The van der Waals surface area contributed by atoms with Crippen molar-refractivity contribution >= 4 is 34.2 Å². The van der Waals surface area contributed by atoms with Crippen LogP contribution in [0.1, 0.15) is 0 Å². The van der Waals surface area contributed by atoms with Crippen LogP contribution in [0.2, 0.25) is 5.15 Å². The molecule has 0 aliphatic rings. The molecule has 0 unspecified atom stereocenters. The van der Waals surface area contributed by atoms with Crippen LogP contribution in [-0.4, -0.2) is 10.1 Å². The molecule has 0 bridgehead atoms. The maximum atomic E-state index is 8.81. The van der Waals surface area contributed by atoms with E-state index in [-0.39, 0.29) is 5.75 Å². The zero-order valence-corrected chi connectivity index (χ0v) is 7.22. The highest BCUT2D eigenvalue weighted by atomic mass is 127. The summed E-state index contributed by atoms with van der Waals surface area (Å²) in [4.78, 5) is 3.69. The Bertz CT molecular complexity index is 228. The van der Waals surface area contributed by atoms with E-state index in [9.17, 15) is 0 Å². The van der Waals surface area contributed by atoms with E-state index in [1.165, 1.54) is 6.20 Å². The van der Waals surface area contributed by atoms with E-state index in [1.807, 2.05) is 22.6 Å². The molecule has 0 aliphatic carbocycles. The van der Waals surface area contributed by atoms with Gasteiger partial charge in [-0.2, -0.15) is 0 Å². The van der Waals surface area contributed by atoms with Crippen molar-refractivity contribution in [3.63, 3.8) is 0 Å². The SMILES string of the molecule is Oc1cnc(Cl)c(I)c1. The van der Waals surface area contributed by atoms with Gasteiger partial charge in [0.25, 0.3) is 0 Å². The van der Waals surface area contributed by atoms with Crippen LogP contribution < -0.4 is 0 Å². The Morgan fingerprint density at radius 3 is 2.78 bits per heavy atom. The third-order valence-electron chi connectivity index (χ3n) is 0.782. The zero-order valence-electron chi connectivity index (χ0n) is 4.31. The minimum Gasteiger partial charge on any atom is -0.506 e. The fraction of sp³-hybridized carbons (Fsp3) is 0. The number of rotatable bonds is 0. The maximum Gasteiger partial charge on any atom is 0.142 e. The number of hydrogen-bond donors (Lipinski definition) is 1. The lowest BCUT2D eigenvalue weighted by Crippen LogP contribution is -1.77. The highest BCUT2D eigenvalue weighted by Gasteiger charge is 1.96. The van der Waals surface area contributed by atoms with Gasteiger partial charge in [0, 0.05) is 0 Å². The smallest absolute Gasteiger partial charge is 0.142 e. The number of aromatic hydroxyl groups is 1. The van der Waals surface area contributed by atoms with E-state index in [4.69, 9.17) is 16.7 Å². The van der Waals surface area contributed by atoms with Crippen molar-refractivity contribution in [1.29, 1.82) is 0 Å². The molecule has 1 heterocycles. The second-order valence-electron chi connectivity index (χ2n) is 1.47. The van der Waals surface area contributed by atoms with Crippen LogP contribution in [0.25, 0.3) is 0 Å². The molecule has 1 N–H and O–H groups in total. The van der Waals surface area contributed by atoms with Crippen molar-refractivity contribution < 1.29 is 5.11 Å². The predicted octanol–water partition coefficient (Wildman–Crippen LogP) is 2.05. The Kier molecular flexibility index (Phi) is 2.13. The van der Waals surface area contributed by atoms with Crippen LogP contribution in [0.3, 0.4) is 0 Å². The van der Waals surface area contributed by atoms with Gasteiger partial charge in [0.2, 0.25) is 0 Å². The molecular weight excluding hydrogens is 252 g/mol. The molecule has 0 saturated heterocycles. The minimum absolute atomic E-state index is 0.142. The van der Waals surface area contributed by atoms with Gasteiger partial charge in [0.15, 0.2) is 0 Å². The van der Waals surface area contributed by atoms with Crippen LogP contribution in [-0.2, 0) is 0 Å². The third-order valence-corrected chi connectivity index (χ3v) is 2.22. The molecule has 0 amide bonds. The lowest BCUT2D eigenvalue weighted by molar-refractivity contribution is 0.472. The summed E-state index contributed by atoms with van der Waals surface area (Å²) in [5, 5.41) is 9.24. The summed E-state index contributed by atoms with van der Waals surface area (Å²) >= 11 is 7.55. The van der Waals surface area contributed by atoms with Crippen LogP contribution in [0.5, 0.6) is 5.75 Å². The summed E-state index contributed by atoms with van der Waals surface area (Å²) in [5.41, 5.74) is 0. The largest absolute Gasteiger partial charge is 0.506 e. The number of aromatic nitrogens is 1. The zero-order chi connectivity index (χ0) is 6.85. The average molecular weight is 255 g/mol. The Labute approximate surface area is 71.0 Å². The quantitative estimate of drug-likeness (QED) is 0.568. The minimum atomic E-state index is 0.142. The first-order chi connectivity index (χ1) is 4.20. The maximum absolute atomic E-state index is 8.81. The van der Waals surface area contributed by atoms with E-state index in [0.717, 1.165) is 3.57 Å². The van der Waals surface area contributed by atoms with E-state index < -0.39 is 0 Å². The molecule has 0 aromatic carbocycles. The molecule has 48 valence electrons. The van der Waals surface area contributed by atoms with Crippen LogP contribution in [0.4, 0.5) is 0 Å². The second kappa shape index (κ2) is 2.70. The Balaban J connectivity index is 3.17. The first-order valence-electron chi connectivity index (χ1n) is 2.20. The Morgan fingerprint density at radius 1 is 1.67 bits per heavy atom. The standard InChI is InChI=1S/C5H3ClINO/c6-5-4(7)1-3(9)2-8-5/h1-2,9H. The van der Waals surface area contributed by atoms with Crippen molar-refractivity contribution in [1.82, 2.24) is 4.98 Å². The number of pyridine rings is 1. The highest BCUT2D eigenvalue weighted by molar-refractivity contribution is 14.1. The molecule has 4 heteroatoms. The van der Waals surface area contributed by atoms with Crippen molar-refractivity contribution in [2.24, 2.45) is 0 Å². The van der Waals surface area contributed by atoms with Crippen LogP contribution >= 0.6 is 34.2 Å². The number of hydrogen-bond acceptors (Lipinski definition) is 2. The van der Waals surface area contributed by atoms with Crippen molar-refractivity contribution in [3.8, 4) is 5.75 Å². The van der Waals surface area contributed by atoms with Crippen molar-refractivity contribution in [2.45, 2.75) is 0 Å². The van der Waals surface area contributed by atoms with E-state index in [2.05, 4.69) is 4.98 Å². The summed E-state index contributed by atoms with van der Waals surface area (Å²) in [7, 11) is 0. The topological polar surface area (TPSA) is 33.1 Å². The molecule has 9 heavy (non-hydrogen) atoms. The fourth-order valence-electron chi connectivity index (χ4n) is 0.411. The summed E-state index contributed by atoms with van der Waals surface area (Å²) in [6.07, 6.45) is 1.31. The highest BCUT2D eigenvalue weighted by Crippen LogP contribution is 2.18. The predicted molar refractivity (Wildman–Crippen MR) is 43.6 cm³/mol. The molecule has 0 fully saturated rings. The molecular formula is C5H3ClINO. The van der Waals surface area contributed by atoms with Gasteiger partial charge in [0.05, 0.1) is 9.77 Å². The normalized spacial score (nSPS) is 9.56. The Hall–Kier alpha value is -0.0300. The Morgan fingerprint density at radius 2 is 2.33 bits per heavy atom. The molecule has 0 atom stereocenters. The van der Waals surface area contributed by atoms with Crippen molar-refractivity contribution in [2.75, 3.05) is 0 Å². The molecule has 0 saturated carbocycles. The van der Waals surface area contributed by atoms with Crippen LogP contribution in [0, 0.1) is 3.57 Å². The van der Waals surface area contributed by atoms with E-state index in [0.29, 0.717) is 5.15 Å². The second-order valence-corrected chi connectivity index (χ2v) is 2.99. The monoisotopic (exact) mass is 255 g/mol. The lowest BCUT2D eigenvalue weighted by atomic mass is 10.5. The summed E-state index contributed by atoms with van der Waals surface area (Å²) in [5.74, 6) is 0.142. The fourth-order valence-corrected chi connectivity index (χ4v) is 0.973. The van der Waals surface area contributed by atoms with Gasteiger partial charge in [-0.05, 0) is 28.7 Å². The van der Waals surface area contributed by atoms with Gasteiger partial charge >= 0.3 is 0 Å². The molecule has 0 radical (unpaired) electrons. The molecule has 2 nitrogen and oxygen atoms in total. The van der Waals surface area contributed by atoms with Gasteiger partial charge in [-0.1, -0.05) is 11.6 Å². The van der Waals surface area contributed by atoms with E-state index in [1.54, 1.807) is 6.07 Å². The van der Waals surface area contributed by atoms with Gasteiger partial charge in [0.1, 0.15) is 10.9 Å². The first kappa shape index (κ1) is 7.08. The van der Waals surface area contributed by atoms with Gasteiger partial charge in [-0.3, -0.25) is 0 Å². The summed E-state index contributed by atoms with van der Waals surface area (Å²) < 4.78 is 0.759. The summed E-state index contributed by atoms with van der Waals surface area (Å²) in [6.45, 7) is 0. The molecule has 1 aromatic heterocycles. The molecule has 1 aromatic rings. The third kappa shape index (κ3) is 1.69. The van der Waals surface area contributed by atoms with Gasteiger partial charge in [-0.25, -0.2) is 4.98 Å². The van der Waals surface area contributed by atoms with E-state index >= 15 is 0 Å². The van der Waals surface area contributed by atoms with Crippen molar-refractivity contribution in [3.05, 3.63) is 21.0 Å². The molecule has 0 aliphatic heterocycles. The first-order valence-corrected chi connectivity index (χ1v) is 3.66. The molecule has 0 spiro atoms. The van der Waals surface area contributed by atoms with Gasteiger partial charge < -0.3 is 5.11 Å². The summed E-state index contributed by atoms with van der Waals surface area (Å²) in [6, 6.07) is 1.55. The lowest BCUT2D eigenvalue weighted by Gasteiger charge is -1.92. The average Bonchev–Trinajstić information content (AvgIpc) is 1.80. The van der Waals surface area contributed by atoms with Gasteiger partial charge in [-0.15, -0.1) is 0 Å². The number of halogens is 2.